The van der Waals surface area contributed by atoms with Crippen LogP contribution in [0.5, 0.6) is 0 Å². The predicted octanol–water partition coefficient (Wildman–Crippen LogP) is 3.23. The van der Waals surface area contributed by atoms with Crippen molar-refractivity contribution in [1.82, 2.24) is 0 Å². The van der Waals surface area contributed by atoms with E-state index in [4.69, 9.17) is 16.3 Å². The highest BCUT2D eigenvalue weighted by atomic mass is 35.5. The lowest BCUT2D eigenvalue weighted by Crippen LogP contribution is -2.06. The van der Waals surface area contributed by atoms with Gasteiger partial charge >= 0.3 is 5.97 Å². The Morgan fingerprint density at radius 2 is 2.00 bits per heavy atom. The molecule has 0 fully saturated rings. The molecule has 0 unspecified atom stereocenters. The Kier molecular flexibility index (Phi) is 5.19. The standard InChI is InChI=1S/C12H15ClO2/c1-2-9-15-12(14)8-5-10-3-6-11(13)7-4-10/h3-4,6-7H,2,5,8-9H2,1H3. The van der Waals surface area contributed by atoms with Gasteiger partial charge in [0.2, 0.25) is 0 Å². The monoisotopic (exact) mass is 226 g/mol. The maximum atomic E-state index is 11.2. The van der Waals surface area contributed by atoms with E-state index >= 15 is 0 Å². The first kappa shape index (κ1) is 12.1. The van der Waals surface area contributed by atoms with Crippen LogP contribution in [0.15, 0.2) is 24.3 Å². The van der Waals surface area contributed by atoms with Crippen LogP contribution in [0.25, 0.3) is 0 Å². The molecule has 0 aromatic heterocycles. The Balaban J connectivity index is 2.30. The minimum absolute atomic E-state index is 0.133. The molecule has 0 aliphatic carbocycles. The van der Waals surface area contributed by atoms with Gasteiger partial charge in [0.25, 0.3) is 0 Å². The lowest BCUT2D eigenvalue weighted by molar-refractivity contribution is -0.143. The maximum Gasteiger partial charge on any atom is 0.306 e. The number of carbonyl (C=O) groups excluding carboxylic acids is 1. The van der Waals surface area contributed by atoms with Crippen LogP contribution in [-0.2, 0) is 16.0 Å². The summed E-state index contributed by atoms with van der Waals surface area (Å²) >= 11 is 5.75. The van der Waals surface area contributed by atoms with Crippen molar-refractivity contribution in [2.24, 2.45) is 0 Å². The Hall–Kier alpha value is -1.02. The summed E-state index contributed by atoms with van der Waals surface area (Å²) in [5, 5.41) is 0.715. The van der Waals surface area contributed by atoms with E-state index in [2.05, 4.69) is 0 Å². The molecule has 0 amide bonds. The van der Waals surface area contributed by atoms with Crippen molar-refractivity contribution in [2.45, 2.75) is 26.2 Å². The molecule has 2 nitrogen and oxygen atoms in total. The van der Waals surface area contributed by atoms with Crippen molar-refractivity contribution in [3.8, 4) is 0 Å². The minimum atomic E-state index is -0.133. The summed E-state index contributed by atoms with van der Waals surface area (Å²) in [7, 11) is 0. The number of benzene rings is 1. The molecule has 15 heavy (non-hydrogen) atoms. The van der Waals surface area contributed by atoms with E-state index in [-0.39, 0.29) is 5.97 Å². The second-order valence-corrected chi connectivity index (χ2v) is 3.78. The van der Waals surface area contributed by atoms with Crippen LogP contribution in [0.1, 0.15) is 25.3 Å². The summed E-state index contributed by atoms with van der Waals surface area (Å²) in [5.41, 5.74) is 1.10. The SMILES string of the molecule is CCCOC(=O)CCc1ccc(Cl)cc1. The van der Waals surface area contributed by atoms with Crippen molar-refractivity contribution in [1.29, 1.82) is 0 Å². The molecule has 0 N–H and O–H groups in total. The predicted molar refractivity (Wildman–Crippen MR) is 61.0 cm³/mol. The van der Waals surface area contributed by atoms with Gasteiger partial charge in [0.05, 0.1) is 6.61 Å². The highest BCUT2D eigenvalue weighted by Crippen LogP contribution is 2.11. The molecule has 0 saturated heterocycles. The van der Waals surface area contributed by atoms with Gasteiger partial charge in [-0.15, -0.1) is 0 Å². The van der Waals surface area contributed by atoms with Gasteiger partial charge in [-0.1, -0.05) is 30.7 Å². The van der Waals surface area contributed by atoms with Crippen LogP contribution in [0.2, 0.25) is 5.02 Å². The Labute approximate surface area is 95.2 Å². The van der Waals surface area contributed by atoms with Gasteiger partial charge in [0, 0.05) is 11.4 Å². The number of hydrogen-bond donors (Lipinski definition) is 0. The third-order valence-electron chi connectivity index (χ3n) is 2.00. The Bertz CT molecular complexity index is 306. The lowest BCUT2D eigenvalue weighted by Gasteiger charge is -2.03. The van der Waals surface area contributed by atoms with E-state index in [0.29, 0.717) is 24.5 Å². The maximum absolute atomic E-state index is 11.2. The van der Waals surface area contributed by atoms with Crippen molar-refractivity contribution < 1.29 is 9.53 Å². The summed E-state index contributed by atoms with van der Waals surface area (Å²) in [6, 6.07) is 7.51. The Morgan fingerprint density at radius 1 is 1.33 bits per heavy atom. The molecule has 1 aromatic rings. The van der Waals surface area contributed by atoms with Gasteiger partial charge in [-0.25, -0.2) is 0 Å². The van der Waals surface area contributed by atoms with E-state index in [1.165, 1.54) is 0 Å². The van der Waals surface area contributed by atoms with Crippen LogP contribution >= 0.6 is 11.6 Å². The smallest absolute Gasteiger partial charge is 0.306 e. The molecule has 0 aliphatic rings. The molecule has 82 valence electrons. The Morgan fingerprint density at radius 3 is 2.60 bits per heavy atom. The molecule has 1 rings (SSSR count). The number of rotatable bonds is 5. The van der Waals surface area contributed by atoms with Crippen LogP contribution in [-0.4, -0.2) is 12.6 Å². The van der Waals surface area contributed by atoms with Crippen LogP contribution in [0.4, 0.5) is 0 Å². The van der Waals surface area contributed by atoms with E-state index in [1.807, 2.05) is 31.2 Å². The van der Waals surface area contributed by atoms with E-state index in [9.17, 15) is 4.79 Å². The fourth-order valence-electron chi connectivity index (χ4n) is 1.19. The highest BCUT2D eigenvalue weighted by molar-refractivity contribution is 6.30. The third kappa shape index (κ3) is 4.84. The first-order chi connectivity index (χ1) is 7.22. The first-order valence-electron chi connectivity index (χ1n) is 5.12. The number of halogens is 1. The van der Waals surface area contributed by atoms with E-state index in [1.54, 1.807) is 0 Å². The summed E-state index contributed by atoms with van der Waals surface area (Å²) in [4.78, 5) is 11.2. The number of ether oxygens (including phenoxy) is 1. The minimum Gasteiger partial charge on any atom is -0.466 e. The number of esters is 1. The van der Waals surface area contributed by atoms with Crippen molar-refractivity contribution >= 4 is 17.6 Å². The highest BCUT2D eigenvalue weighted by Gasteiger charge is 2.02. The third-order valence-corrected chi connectivity index (χ3v) is 2.25. The number of hydrogen-bond acceptors (Lipinski definition) is 2. The topological polar surface area (TPSA) is 26.3 Å². The van der Waals surface area contributed by atoms with Crippen LogP contribution in [0, 0.1) is 0 Å². The lowest BCUT2D eigenvalue weighted by atomic mass is 10.1. The molecule has 3 heteroatoms. The molecular weight excluding hydrogens is 212 g/mol. The molecule has 0 heterocycles. The number of carbonyl (C=O) groups is 1. The zero-order valence-electron chi connectivity index (χ0n) is 8.83. The molecule has 0 radical (unpaired) electrons. The molecule has 0 saturated carbocycles. The quantitative estimate of drug-likeness (QED) is 0.721. The zero-order valence-corrected chi connectivity index (χ0v) is 9.59. The molecular formula is C12H15ClO2. The second kappa shape index (κ2) is 6.46. The van der Waals surface area contributed by atoms with Crippen molar-refractivity contribution in [2.75, 3.05) is 6.61 Å². The normalized spacial score (nSPS) is 10.0. The molecule has 0 aliphatic heterocycles. The second-order valence-electron chi connectivity index (χ2n) is 3.35. The van der Waals surface area contributed by atoms with Gasteiger partial charge in [-0.2, -0.15) is 0 Å². The molecule has 1 aromatic carbocycles. The van der Waals surface area contributed by atoms with E-state index < -0.39 is 0 Å². The average Bonchev–Trinajstić information content (AvgIpc) is 2.25. The van der Waals surface area contributed by atoms with Crippen molar-refractivity contribution in [3.63, 3.8) is 0 Å². The number of aryl methyl sites for hydroxylation is 1. The van der Waals surface area contributed by atoms with Gasteiger partial charge in [0.1, 0.15) is 0 Å². The van der Waals surface area contributed by atoms with Gasteiger partial charge in [-0.3, -0.25) is 4.79 Å². The van der Waals surface area contributed by atoms with Gasteiger partial charge in [0.15, 0.2) is 0 Å². The molecule has 0 spiro atoms. The first-order valence-corrected chi connectivity index (χ1v) is 5.50. The summed E-state index contributed by atoms with van der Waals surface area (Å²) in [5.74, 6) is -0.133. The summed E-state index contributed by atoms with van der Waals surface area (Å²) in [6.45, 7) is 2.49. The largest absolute Gasteiger partial charge is 0.466 e. The fraction of sp³-hybridized carbons (Fsp3) is 0.417. The van der Waals surface area contributed by atoms with Crippen LogP contribution in [0.3, 0.4) is 0 Å². The van der Waals surface area contributed by atoms with Gasteiger partial charge in [-0.05, 0) is 30.5 Å². The zero-order chi connectivity index (χ0) is 11.1. The van der Waals surface area contributed by atoms with E-state index in [0.717, 1.165) is 12.0 Å². The van der Waals surface area contributed by atoms with Gasteiger partial charge < -0.3 is 4.74 Å². The molecule has 0 bridgehead atoms. The average molecular weight is 227 g/mol. The van der Waals surface area contributed by atoms with Crippen LogP contribution < -0.4 is 0 Å². The summed E-state index contributed by atoms with van der Waals surface area (Å²) < 4.78 is 4.97. The molecule has 0 atom stereocenters. The van der Waals surface area contributed by atoms with Crippen molar-refractivity contribution in [3.05, 3.63) is 34.9 Å². The summed E-state index contributed by atoms with van der Waals surface area (Å²) in [6.07, 6.45) is 2.01. The fourth-order valence-corrected chi connectivity index (χ4v) is 1.31.